The molecule has 4 rings (SSSR count). The molecule has 1 heterocycles. The monoisotopic (exact) mass is 466 g/mol. The predicted octanol–water partition coefficient (Wildman–Crippen LogP) is 5.23. The van der Waals surface area contributed by atoms with Gasteiger partial charge in [0.15, 0.2) is 0 Å². The Hall–Kier alpha value is -3.95. The maximum Gasteiger partial charge on any atom is 0.323 e. The van der Waals surface area contributed by atoms with E-state index in [0.717, 1.165) is 11.6 Å². The summed E-state index contributed by atoms with van der Waals surface area (Å²) in [7, 11) is 0. The Morgan fingerprint density at radius 3 is 2.45 bits per heavy atom. The van der Waals surface area contributed by atoms with Gasteiger partial charge in [-0.2, -0.15) is 0 Å². The van der Waals surface area contributed by atoms with Crippen LogP contribution in [0.3, 0.4) is 0 Å². The van der Waals surface area contributed by atoms with E-state index < -0.39 is 11.8 Å². The Bertz CT molecular complexity index is 1290. The van der Waals surface area contributed by atoms with E-state index in [2.05, 4.69) is 25.9 Å². The van der Waals surface area contributed by atoms with Gasteiger partial charge in [-0.15, -0.1) is 0 Å². The highest BCUT2D eigenvalue weighted by molar-refractivity contribution is 6.30. The molecule has 4 aromatic rings. The molecule has 5 N–H and O–H groups in total. The minimum absolute atomic E-state index is 0.0151. The van der Waals surface area contributed by atoms with Crippen LogP contribution in [0.25, 0.3) is 11.0 Å². The Kier molecular flexibility index (Phi) is 6.82. The molecule has 0 aliphatic rings. The van der Waals surface area contributed by atoms with Crippen molar-refractivity contribution in [2.24, 2.45) is 5.73 Å². The van der Waals surface area contributed by atoms with Crippen molar-refractivity contribution >= 4 is 45.9 Å². The van der Waals surface area contributed by atoms with E-state index in [1.165, 1.54) is 12.1 Å². The van der Waals surface area contributed by atoms with Gasteiger partial charge in [0.1, 0.15) is 23.1 Å². The third-order valence-electron chi connectivity index (χ3n) is 4.49. The van der Waals surface area contributed by atoms with Crippen molar-refractivity contribution in [3.8, 4) is 11.5 Å². The molecule has 0 fully saturated rings. The molecule has 0 bridgehead atoms. The van der Waals surface area contributed by atoms with E-state index >= 15 is 0 Å². The van der Waals surface area contributed by atoms with Crippen LogP contribution in [-0.2, 0) is 0 Å². The first-order chi connectivity index (χ1) is 16.0. The number of ether oxygens (including phenoxy) is 1. The quantitative estimate of drug-likeness (QED) is 0.296. The zero-order chi connectivity index (χ0) is 23.2. The molecule has 0 atom stereocenters. The van der Waals surface area contributed by atoms with Crippen LogP contribution >= 0.6 is 11.6 Å². The van der Waals surface area contributed by atoms with Crippen LogP contribution in [0, 0.1) is 5.82 Å². The van der Waals surface area contributed by atoms with Crippen LogP contribution in [0.1, 0.15) is 0 Å². The molecule has 8 nitrogen and oxygen atoms in total. The van der Waals surface area contributed by atoms with Crippen LogP contribution in [0.15, 0.2) is 66.9 Å². The lowest BCUT2D eigenvalue weighted by Crippen LogP contribution is -2.19. The molecule has 33 heavy (non-hydrogen) atoms. The Labute approximate surface area is 193 Å². The number of carbonyl (C=O) groups excluding carboxylic acids is 1. The van der Waals surface area contributed by atoms with Crippen molar-refractivity contribution in [3.05, 3.63) is 77.7 Å². The summed E-state index contributed by atoms with van der Waals surface area (Å²) in [6.45, 7) is 1.10. The average molecular weight is 467 g/mol. The molecular weight excluding hydrogens is 447 g/mol. The zero-order valence-corrected chi connectivity index (χ0v) is 18.1. The van der Waals surface area contributed by atoms with Crippen molar-refractivity contribution < 1.29 is 13.9 Å². The highest BCUT2D eigenvalue weighted by atomic mass is 35.5. The summed E-state index contributed by atoms with van der Waals surface area (Å²) in [5, 5.41) is 8.29. The number of halogens is 2. The number of fused-ring (bicyclic) bond motifs is 1. The third kappa shape index (κ3) is 5.85. The van der Waals surface area contributed by atoms with Crippen LogP contribution in [-0.4, -0.2) is 29.1 Å². The van der Waals surface area contributed by atoms with Gasteiger partial charge >= 0.3 is 6.03 Å². The van der Waals surface area contributed by atoms with Gasteiger partial charge in [-0.3, -0.25) is 4.98 Å². The number of aromatic nitrogens is 2. The van der Waals surface area contributed by atoms with Gasteiger partial charge in [0.25, 0.3) is 0 Å². The van der Waals surface area contributed by atoms with Crippen molar-refractivity contribution in [3.63, 3.8) is 0 Å². The molecule has 0 saturated carbocycles. The van der Waals surface area contributed by atoms with Crippen LogP contribution < -0.4 is 26.4 Å². The summed E-state index contributed by atoms with van der Waals surface area (Å²) < 4.78 is 19.4. The van der Waals surface area contributed by atoms with Crippen molar-refractivity contribution in [2.75, 3.05) is 29.0 Å². The molecule has 0 aliphatic carbocycles. The second-order valence-electron chi connectivity index (χ2n) is 6.96. The maximum atomic E-state index is 13.5. The van der Waals surface area contributed by atoms with E-state index in [9.17, 15) is 9.18 Å². The number of nitrogens with one attached hydrogen (secondary N) is 3. The van der Waals surface area contributed by atoms with Gasteiger partial charge in [0.05, 0.1) is 22.3 Å². The third-order valence-corrected chi connectivity index (χ3v) is 4.80. The number of amides is 2. The summed E-state index contributed by atoms with van der Waals surface area (Å²) in [4.78, 5) is 21.0. The number of hydrogen-bond acceptors (Lipinski definition) is 6. The van der Waals surface area contributed by atoms with Crippen molar-refractivity contribution in [1.29, 1.82) is 0 Å². The number of rotatable bonds is 7. The van der Waals surface area contributed by atoms with E-state index in [4.69, 9.17) is 22.1 Å². The summed E-state index contributed by atoms with van der Waals surface area (Å²) >= 11 is 5.64. The lowest BCUT2D eigenvalue weighted by atomic mass is 10.2. The van der Waals surface area contributed by atoms with Gasteiger partial charge in [0, 0.05) is 30.5 Å². The van der Waals surface area contributed by atoms with Crippen LogP contribution in [0.2, 0.25) is 5.02 Å². The number of benzene rings is 3. The van der Waals surface area contributed by atoms with E-state index in [0.29, 0.717) is 41.6 Å². The number of carbonyl (C=O) groups is 1. The fourth-order valence-corrected chi connectivity index (χ4v) is 3.07. The topological polar surface area (TPSA) is 114 Å². The van der Waals surface area contributed by atoms with Gasteiger partial charge in [0.2, 0.25) is 0 Å². The molecule has 168 valence electrons. The standard InChI is InChI=1S/C23H20ClFN6O2/c24-18-7-3-15(11-19(18)25)30-23(32)29-14-1-4-16(5-2-14)33-17-6-8-20-21(12-17)31-22(13-28-20)27-10-9-26/h1-8,11-13H,9-10,26H2,(H,27,31)(H2,29,30,32). The second-order valence-corrected chi connectivity index (χ2v) is 7.36. The number of urea groups is 1. The highest BCUT2D eigenvalue weighted by Gasteiger charge is 2.07. The van der Waals surface area contributed by atoms with E-state index in [1.807, 2.05) is 6.07 Å². The average Bonchev–Trinajstić information content (AvgIpc) is 2.81. The van der Waals surface area contributed by atoms with Gasteiger partial charge in [-0.05, 0) is 54.6 Å². The number of nitrogens with zero attached hydrogens (tertiary/aromatic N) is 2. The Morgan fingerprint density at radius 1 is 0.970 bits per heavy atom. The van der Waals surface area contributed by atoms with Gasteiger partial charge in [-0.1, -0.05) is 11.6 Å². The second kappa shape index (κ2) is 10.1. The molecule has 0 aliphatic heterocycles. The Balaban J connectivity index is 1.39. The molecule has 0 unspecified atom stereocenters. The first-order valence-electron chi connectivity index (χ1n) is 10.0. The summed E-state index contributed by atoms with van der Waals surface area (Å²) in [5.41, 5.74) is 7.76. The lowest BCUT2D eigenvalue weighted by Gasteiger charge is -2.10. The summed E-state index contributed by atoms with van der Waals surface area (Å²) in [6.07, 6.45) is 1.66. The first kappa shape index (κ1) is 22.3. The predicted molar refractivity (Wildman–Crippen MR) is 128 cm³/mol. The smallest absolute Gasteiger partial charge is 0.323 e. The summed E-state index contributed by atoms with van der Waals surface area (Å²) in [6, 6.07) is 15.7. The molecule has 0 spiro atoms. The van der Waals surface area contributed by atoms with Crippen molar-refractivity contribution in [2.45, 2.75) is 0 Å². The largest absolute Gasteiger partial charge is 0.457 e. The fraction of sp³-hybridized carbons (Fsp3) is 0.0870. The van der Waals surface area contributed by atoms with E-state index in [-0.39, 0.29) is 10.7 Å². The molecule has 1 aromatic heterocycles. The fourth-order valence-electron chi connectivity index (χ4n) is 2.95. The number of hydrogen-bond donors (Lipinski definition) is 4. The van der Waals surface area contributed by atoms with Crippen LogP contribution in [0.4, 0.5) is 26.4 Å². The van der Waals surface area contributed by atoms with Crippen LogP contribution in [0.5, 0.6) is 11.5 Å². The lowest BCUT2D eigenvalue weighted by molar-refractivity contribution is 0.262. The molecule has 10 heteroatoms. The van der Waals surface area contributed by atoms with Gasteiger partial charge < -0.3 is 26.4 Å². The molecule has 0 saturated heterocycles. The molecule has 3 aromatic carbocycles. The highest BCUT2D eigenvalue weighted by Crippen LogP contribution is 2.26. The molecule has 0 radical (unpaired) electrons. The maximum absolute atomic E-state index is 13.5. The number of anilines is 3. The summed E-state index contributed by atoms with van der Waals surface area (Å²) in [5.74, 6) is 1.19. The van der Waals surface area contributed by atoms with Crippen molar-refractivity contribution in [1.82, 2.24) is 9.97 Å². The molecular formula is C23H20ClFN6O2. The minimum atomic E-state index is -0.612. The minimum Gasteiger partial charge on any atom is -0.457 e. The normalized spacial score (nSPS) is 10.6. The Morgan fingerprint density at radius 2 is 1.70 bits per heavy atom. The van der Waals surface area contributed by atoms with Gasteiger partial charge in [-0.25, -0.2) is 14.2 Å². The zero-order valence-electron chi connectivity index (χ0n) is 17.3. The van der Waals surface area contributed by atoms with E-state index in [1.54, 1.807) is 42.6 Å². The number of nitrogens with two attached hydrogens (primary N) is 1. The molecule has 2 amide bonds. The first-order valence-corrected chi connectivity index (χ1v) is 10.4. The SMILES string of the molecule is NCCNc1cnc2ccc(Oc3ccc(NC(=O)Nc4ccc(Cl)c(F)c4)cc3)cc2n1.